The maximum Gasteiger partial charge on any atom is 0.118 e. The van der Waals surface area contributed by atoms with Gasteiger partial charge in [0.05, 0.1) is 13.2 Å². The summed E-state index contributed by atoms with van der Waals surface area (Å²) in [6.07, 6.45) is 5.94. The zero-order valence-electron chi connectivity index (χ0n) is 9.90. The van der Waals surface area contributed by atoms with Gasteiger partial charge in [-0.2, -0.15) is 0 Å². The first-order valence-corrected chi connectivity index (χ1v) is 5.69. The lowest BCUT2D eigenvalue weighted by Gasteiger charge is -2.20. The highest BCUT2D eigenvalue weighted by Crippen LogP contribution is 2.28. The molecule has 0 radical (unpaired) electrons. The second-order valence-corrected chi connectivity index (χ2v) is 4.09. The van der Waals surface area contributed by atoms with Crippen LogP contribution in [0, 0.1) is 0 Å². The van der Waals surface area contributed by atoms with Crippen LogP contribution in [-0.4, -0.2) is 20.3 Å². The number of hydrogen-bond donors (Lipinski definition) is 0. The molecular weight excluding hydrogens is 200 g/mol. The molecule has 0 fully saturated rings. The Kier molecular flexibility index (Phi) is 3.62. The highest BCUT2D eigenvalue weighted by atomic mass is 16.5. The average molecular weight is 218 g/mol. The van der Waals surface area contributed by atoms with Crippen molar-refractivity contribution in [1.82, 2.24) is 0 Å². The maximum atomic E-state index is 5.35. The van der Waals surface area contributed by atoms with Crippen LogP contribution in [0.25, 0.3) is 5.57 Å². The molecule has 86 valence electrons. The molecule has 0 amide bonds. The molecule has 0 spiro atoms. The summed E-state index contributed by atoms with van der Waals surface area (Å²) in [4.78, 5) is 0. The largest absolute Gasteiger partial charge is 0.497 e. The Morgan fingerprint density at radius 1 is 1.12 bits per heavy atom. The first-order chi connectivity index (χ1) is 7.83. The molecule has 0 N–H and O–H groups in total. The first kappa shape index (κ1) is 11.2. The molecular formula is C14H18O2. The summed E-state index contributed by atoms with van der Waals surface area (Å²) >= 11 is 0. The number of methoxy groups -OCH3 is 2. The fourth-order valence-electron chi connectivity index (χ4n) is 2.09. The van der Waals surface area contributed by atoms with Crippen molar-refractivity contribution in [3.63, 3.8) is 0 Å². The third-order valence-corrected chi connectivity index (χ3v) is 3.16. The summed E-state index contributed by atoms with van der Waals surface area (Å²) in [5.41, 5.74) is 2.73. The first-order valence-electron chi connectivity index (χ1n) is 5.69. The predicted molar refractivity (Wildman–Crippen MR) is 65.6 cm³/mol. The van der Waals surface area contributed by atoms with Gasteiger partial charge >= 0.3 is 0 Å². The Morgan fingerprint density at radius 2 is 1.88 bits per heavy atom. The van der Waals surface area contributed by atoms with Crippen LogP contribution in [-0.2, 0) is 4.74 Å². The van der Waals surface area contributed by atoms with E-state index in [9.17, 15) is 0 Å². The molecule has 0 aromatic heterocycles. The second kappa shape index (κ2) is 5.17. The molecule has 0 bridgehead atoms. The average Bonchev–Trinajstić information content (AvgIpc) is 2.39. The lowest BCUT2D eigenvalue weighted by atomic mass is 9.92. The third-order valence-electron chi connectivity index (χ3n) is 3.16. The summed E-state index contributed by atoms with van der Waals surface area (Å²) in [6.45, 7) is 0. The number of benzene rings is 1. The van der Waals surface area contributed by atoms with Gasteiger partial charge in [0, 0.05) is 7.11 Å². The highest BCUT2D eigenvalue weighted by Gasteiger charge is 2.14. The minimum atomic E-state index is 0.405. The van der Waals surface area contributed by atoms with Crippen molar-refractivity contribution in [2.45, 2.75) is 25.4 Å². The molecule has 2 nitrogen and oxygen atoms in total. The van der Waals surface area contributed by atoms with Crippen molar-refractivity contribution in [3.05, 3.63) is 35.9 Å². The van der Waals surface area contributed by atoms with E-state index >= 15 is 0 Å². The molecule has 1 aromatic rings. The van der Waals surface area contributed by atoms with Crippen LogP contribution in [0.15, 0.2) is 30.3 Å². The van der Waals surface area contributed by atoms with Crippen molar-refractivity contribution in [2.75, 3.05) is 14.2 Å². The van der Waals surface area contributed by atoms with Crippen LogP contribution in [0.3, 0.4) is 0 Å². The number of hydrogen-bond acceptors (Lipinski definition) is 2. The molecule has 1 aliphatic rings. The number of allylic oxidation sites excluding steroid dienone is 1. The molecule has 1 atom stereocenters. The van der Waals surface area contributed by atoms with Gasteiger partial charge in [0.2, 0.25) is 0 Å². The zero-order valence-corrected chi connectivity index (χ0v) is 9.90. The van der Waals surface area contributed by atoms with E-state index in [1.807, 2.05) is 12.1 Å². The Bertz CT molecular complexity index is 365. The van der Waals surface area contributed by atoms with Gasteiger partial charge < -0.3 is 9.47 Å². The van der Waals surface area contributed by atoms with Gasteiger partial charge in [-0.15, -0.1) is 0 Å². The summed E-state index contributed by atoms with van der Waals surface area (Å²) in [6, 6.07) is 8.27. The van der Waals surface area contributed by atoms with E-state index in [-0.39, 0.29) is 0 Å². The molecule has 1 aliphatic carbocycles. The van der Waals surface area contributed by atoms with Gasteiger partial charge in [-0.25, -0.2) is 0 Å². The zero-order chi connectivity index (χ0) is 11.4. The Labute approximate surface area is 96.9 Å². The predicted octanol–water partition coefficient (Wildman–Crippen LogP) is 3.28. The summed E-state index contributed by atoms with van der Waals surface area (Å²) in [7, 11) is 3.48. The standard InChI is InChI=1S/C14H18O2/c1-15-13-7-3-11(4-8-13)12-5-9-14(16-2)10-6-12/h3-5,7-8,14H,6,9-10H2,1-2H3/t14-/m1/s1. The van der Waals surface area contributed by atoms with Crippen LogP contribution in [0.4, 0.5) is 0 Å². The summed E-state index contributed by atoms with van der Waals surface area (Å²) < 4.78 is 10.5. The SMILES string of the molecule is COc1ccc(C2=CC[C@@H](OC)CC2)cc1. The molecule has 0 unspecified atom stereocenters. The van der Waals surface area contributed by atoms with Gasteiger partial charge in [0.1, 0.15) is 5.75 Å². The number of rotatable bonds is 3. The van der Waals surface area contributed by atoms with Crippen LogP contribution in [0.1, 0.15) is 24.8 Å². The van der Waals surface area contributed by atoms with Crippen LogP contribution >= 0.6 is 0 Å². The Morgan fingerprint density at radius 3 is 2.38 bits per heavy atom. The molecule has 1 aromatic carbocycles. The highest BCUT2D eigenvalue weighted by molar-refractivity contribution is 5.66. The monoisotopic (exact) mass is 218 g/mol. The van der Waals surface area contributed by atoms with Gasteiger partial charge in [-0.3, -0.25) is 0 Å². The van der Waals surface area contributed by atoms with Crippen molar-refractivity contribution < 1.29 is 9.47 Å². The quantitative estimate of drug-likeness (QED) is 0.775. The lowest BCUT2D eigenvalue weighted by molar-refractivity contribution is 0.0964. The minimum Gasteiger partial charge on any atom is -0.497 e. The molecule has 0 heterocycles. The van der Waals surface area contributed by atoms with E-state index in [1.54, 1.807) is 14.2 Å². The molecule has 0 saturated heterocycles. The smallest absolute Gasteiger partial charge is 0.118 e. The maximum absolute atomic E-state index is 5.35. The van der Waals surface area contributed by atoms with E-state index in [4.69, 9.17) is 9.47 Å². The van der Waals surface area contributed by atoms with E-state index < -0.39 is 0 Å². The van der Waals surface area contributed by atoms with Crippen LogP contribution < -0.4 is 4.74 Å². The number of ether oxygens (including phenoxy) is 2. The van der Waals surface area contributed by atoms with Crippen molar-refractivity contribution in [2.24, 2.45) is 0 Å². The minimum absolute atomic E-state index is 0.405. The molecule has 0 saturated carbocycles. The molecule has 2 heteroatoms. The van der Waals surface area contributed by atoms with E-state index in [2.05, 4.69) is 18.2 Å². The van der Waals surface area contributed by atoms with E-state index in [1.165, 1.54) is 11.1 Å². The van der Waals surface area contributed by atoms with Gasteiger partial charge in [-0.1, -0.05) is 18.2 Å². The van der Waals surface area contributed by atoms with Crippen molar-refractivity contribution in [1.29, 1.82) is 0 Å². The van der Waals surface area contributed by atoms with Crippen LogP contribution in [0.5, 0.6) is 5.75 Å². The van der Waals surface area contributed by atoms with Gasteiger partial charge in [0.25, 0.3) is 0 Å². The normalized spacial score (nSPS) is 20.4. The third kappa shape index (κ3) is 2.45. The Hall–Kier alpha value is -1.28. The molecule has 16 heavy (non-hydrogen) atoms. The molecule has 2 rings (SSSR count). The fraction of sp³-hybridized carbons (Fsp3) is 0.429. The molecule has 0 aliphatic heterocycles. The van der Waals surface area contributed by atoms with Crippen LogP contribution in [0.2, 0.25) is 0 Å². The second-order valence-electron chi connectivity index (χ2n) is 4.09. The summed E-state index contributed by atoms with van der Waals surface area (Å²) in [5, 5.41) is 0. The fourth-order valence-corrected chi connectivity index (χ4v) is 2.09. The van der Waals surface area contributed by atoms with Gasteiger partial charge in [-0.05, 0) is 42.5 Å². The van der Waals surface area contributed by atoms with Gasteiger partial charge in [0.15, 0.2) is 0 Å². The van der Waals surface area contributed by atoms with Crippen molar-refractivity contribution >= 4 is 5.57 Å². The topological polar surface area (TPSA) is 18.5 Å². The Balaban J connectivity index is 2.10. The van der Waals surface area contributed by atoms with E-state index in [0.717, 1.165) is 25.0 Å². The van der Waals surface area contributed by atoms with Crippen molar-refractivity contribution in [3.8, 4) is 5.75 Å². The van der Waals surface area contributed by atoms with E-state index in [0.29, 0.717) is 6.10 Å². The lowest BCUT2D eigenvalue weighted by Crippen LogP contribution is -2.13. The summed E-state index contributed by atoms with van der Waals surface area (Å²) in [5.74, 6) is 0.912.